The number of aryl methyl sites for hydroxylation is 1. The quantitative estimate of drug-likeness (QED) is 0.215. The van der Waals surface area contributed by atoms with Gasteiger partial charge < -0.3 is 14.2 Å². The molecule has 6 nitrogen and oxygen atoms in total. The average Bonchev–Trinajstić information content (AvgIpc) is 3.07. The normalized spacial score (nSPS) is 14.5. The van der Waals surface area contributed by atoms with Crippen LogP contribution in [0.25, 0.3) is 6.08 Å². The summed E-state index contributed by atoms with van der Waals surface area (Å²) >= 11 is 8.55. The van der Waals surface area contributed by atoms with E-state index in [4.69, 9.17) is 25.8 Å². The van der Waals surface area contributed by atoms with E-state index < -0.39 is 11.9 Å². The molecule has 0 N–H and O–H groups in total. The molecule has 2 aromatic rings. The van der Waals surface area contributed by atoms with E-state index in [0.717, 1.165) is 14.7 Å². The van der Waals surface area contributed by atoms with Crippen molar-refractivity contribution in [3.05, 3.63) is 61.3 Å². The monoisotopic (exact) mass is 539 g/mol. The zero-order valence-corrected chi connectivity index (χ0v) is 19.5. The zero-order valence-electron chi connectivity index (χ0n) is 16.6. The highest BCUT2D eigenvalue weighted by molar-refractivity contribution is 14.1. The summed E-state index contributed by atoms with van der Waals surface area (Å²) in [6, 6.07) is 8.91. The van der Waals surface area contributed by atoms with Crippen molar-refractivity contribution in [3.8, 4) is 11.5 Å². The van der Waals surface area contributed by atoms with Crippen LogP contribution in [0.3, 0.4) is 0 Å². The Kier molecular flexibility index (Phi) is 7.14. The Morgan fingerprint density at radius 2 is 2.03 bits per heavy atom. The van der Waals surface area contributed by atoms with Crippen LogP contribution in [0.1, 0.15) is 37.0 Å². The Labute approximate surface area is 193 Å². The zero-order chi connectivity index (χ0) is 21.8. The Balaban J connectivity index is 1.96. The van der Waals surface area contributed by atoms with Gasteiger partial charge in [-0.2, -0.15) is 0 Å². The molecule has 0 aliphatic carbocycles. The first-order valence-corrected chi connectivity index (χ1v) is 10.7. The van der Waals surface area contributed by atoms with E-state index in [1.807, 2.05) is 25.1 Å². The summed E-state index contributed by atoms with van der Waals surface area (Å²) < 4.78 is 17.3. The third-order valence-corrected chi connectivity index (χ3v) is 5.66. The van der Waals surface area contributed by atoms with Crippen molar-refractivity contribution in [2.24, 2.45) is 4.99 Å². The summed E-state index contributed by atoms with van der Waals surface area (Å²) in [5.74, 6) is -0.278. The molecule has 0 saturated heterocycles. The van der Waals surface area contributed by atoms with E-state index in [1.165, 1.54) is 0 Å². The first-order chi connectivity index (χ1) is 14.3. The Morgan fingerprint density at radius 3 is 2.70 bits per heavy atom. The number of hydrogen-bond acceptors (Lipinski definition) is 6. The minimum Gasteiger partial charge on any atom is -0.490 e. The van der Waals surface area contributed by atoms with Gasteiger partial charge in [-0.3, -0.25) is 4.79 Å². The van der Waals surface area contributed by atoms with Gasteiger partial charge in [0, 0.05) is 15.6 Å². The molecule has 1 aliphatic heterocycles. The van der Waals surface area contributed by atoms with Gasteiger partial charge in [-0.15, -0.1) is 0 Å². The van der Waals surface area contributed by atoms with Crippen molar-refractivity contribution in [1.29, 1.82) is 0 Å². The SMILES string of the molecule is CCOc1cc(/C=C2\N=C(c3ccc(I)c(C)c3)OC2=O)cc(Cl)c1OC(=O)CC. The van der Waals surface area contributed by atoms with Gasteiger partial charge in [0.2, 0.25) is 5.90 Å². The van der Waals surface area contributed by atoms with Crippen LogP contribution in [-0.4, -0.2) is 24.4 Å². The standard InChI is InChI=1S/C22H19ClINO5/c1-4-19(26)29-20-15(23)9-13(11-18(20)28-5-2)10-17-22(27)30-21(25-17)14-6-7-16(24)12(3)8-14/h6-11H,4-5H2,1-3H3/b17-10-. The second-order valence-electron chi connectivity index (χ2n) is 6.39. The summed E-state index contributed by atoms with van der Waals surface area (Å²) in [6.45, 7) is 5.82. The average molecular weight is 540 g/mol. The van der Waals surface area contributed by atoms with Gasteiger partial charge in [-0.1, -0.05) is 18.5 Å². The number of halogens is 2. The van der Waals surface area contributed by atoms with Gasteiger partial charge in [-0.05, 0) is 84.0 Å². The Bertz CT molecular complexity index is 1080. The summed E-state index contributed by atoms with van der Waals surface area (Å²) in [7, 11) is 0. The second kappa shape index (κ2) is 9.61. The molecular weight excluding hydrogens is 521 g/mol. The predicted molar refractivity (Wildman–Crippen MR) is 123 cm³/mol. The minimum atomic E-state index is -0.559. The molecule has 0 radical (unpaired) electrons. The van der Waals surface area contributed by atoms with E-state index in [2.05, 4.69) is 27.6 Å². The summed E-state index contributed by atoms with van der Waals surface area (Å²) in [4.78, 5) is 28.3. The number of cyclic esters (lactones) is 1. The second-order valence-corrected chi connectivity index (χ2v) is 7.96. The number of rotatable bonds is 6. The number of hydrogen-bond donors (Lipinski definition) is 0. The lowest BCUT2D eigenvalue weighted by molar-refractivity contribution is -0.134. The van der Waals surface area contributed by atoms with Crippen molar-refractivity contribution in [2.45, 2.75) is 27.2 Å². The van der Waals surface area contributed by atoms with Crippen molar-refractivity contribution in [1.82, 2.24) is 0 Å². The maximum atomic E-state index is 12.3. The van der Waals surface area contributed by atoms with Gasteiger partial charge in [0.05, 0.1) is 11.6 Å². The van der Waals surface area contributed by atoms with Crippen molar-refractivity contribution < 1.29 is 23.8 Å². The number of carbonyl (C=O) groups is 2. The number of aliphatic imine (C=N–C) groups is 1. The van der Waals surface area contributed by atoms with E-state index in [1.54, 1.807) is 32.1 Å². The van der Waals surface area contributed by atoms with Gasteiger partial charge in [-0.25, -0.2) is 9.79 Å². The van der Waals surface area contributed by atoms with Crippen molar-refractivity contribution in [2.75, 3.05) is 6.61 Å². The van der Waals surface area contributed by atoms with Crippen molar-refractivity contribution in [3.63, 3.8) is 0 Å². The summed E-state index contributed by atoms with van der Waals surface area (Å²) in [5.41, 5.74) is 2.49. The van der Waals surface area contributed by atoms with Gasteiger partial charge >= 0.3 is 11.9 Å². The fourth-order valence-electron chi connectivity index (χ4n) is 2.69. The molecule has 3 rings (SSSR count). The van der Waals surface area contributed by atoms with E-state index in [0.29, 0.717) is 17.9 Å². The van der Waals surface area contributed by atoms with Gasteiger partial charge in [0.1, 0.15) is 0 Å². The van der Waals surface area contributed by atoms with E-state index in [9.17, 15) is 9.59 Å². The van der Waals surface area contributed by atoms with E-state index in [-0.39, 0.29) is 28.8 Å². The van der Waals surface area contributed by atoms with Crippen LogP contribution in [0.5, 0.6) is 11.5 Å². The smallest absolute Gasteiger partial charge is 0.363 e. The molecule has 30 heavy (non-hydrogen) atoms. The van der Waals surface area contributed by atoms with Gasteiger partial charge in [0.25, 0.3) is 0 Å². The molecule has 156 valence electrons. The lowest BCUT2D eigenvalue weighted by atomic mass is 10.1. The molecule has 2 aromatic carbocycles. The summed E-state index contributed by atoms with van der Waals surface area (Å²) in [6.07, 6.45) is 1.75. The molecule has 0 aromatic heterocycles. The maximum absolute atomic E-state index is 12.3. The van der Waals surface area contributed by atoms with Gasteiger partial charge in [0.15, 0.2) is 17.2 Å². The molecule has 0 saturated carbocycles. The van der Waals surface area contributed by atoms with Crippen LogP contribution in [-0.2, 0) is 14.3 Å². The predicted octanol–water partition coefficient (Wildman–Crippen LogP) is 5.31. The number of benzene rings is 2. The molecule has 0 spiro atoms. The number of nitrogens with zero attached hydrogens (tertiary/aromatic N) is 1. The van der Waals surface area contributed by atoms with E-state index >= 15 is 0 Å². The third kappa shape index (κ3) is 5.02. The lowest BCUT2D eigenvalue weighted by Crippen LogP contribution is -2.08. The Hall–Kier alpha value is -2.39. The highest BCUT2D eigenvalue weighted by atomic mass is 127. The lowest BCUT2D eigenvalue weighted by Gasteiger charge is -2.13. The third-order valence-electron chi connectivity index (χ3n) is 4.17. The molecular formula is C22H19ClINO5. The number of ether oxygens (including phenoxy) is 3. The first kappa shape index (κ1) is 22.3. The summed E-state index contributed by atoms with van der Waals surface area (Å²) in [5, 5.41) is 0.193. The highest BCUT2D eigenvalue weighted by Gasteiger charge is 2.25. The highest BCUT2D eigenvalue weighted by Crippen LogP contribution is 2.38. The molecule has 8 heteroatoms. The number of carbonyl (C=O) groups excluding carboxylic acids is 2. The van der Waals surface area contributed by atoms with Crippen LogP contribution in [0.2, 0.25) is 5.02 Å². The molecule has 0 amide bonds. The van der Waals surface area contributed by atoms with Crippen LogP contribution in [0.4, 0.5) is 0 Å². The molecule has 1 heterocycles. The van der Waals surface area contributed by atoms with Crippen LogP contribution >= 0.6 is 34.2 Å². The molecule has 0 fully saturated rings. The molecule has 0 atom stereocenters. The number of esters is 2. The molecule has 0 unspecified atom stereocenters. The van der Waals surface area contributed by atoms with Crippen molar-refractivity contribution >= 4 is 58.1 Å². The minimum absolute atomic E-state index is 0.137. The fourth-order valence-corrected chi connectivity index (χ4v) is 3.28. The maximum Gasteiger partial charge on any atom is 0.363 e. The molecule has 0 bridgehead atoms. The largest absolute Gasteiger partial charge is 0.490 e. The molecule has 1 aliphatic rings. The van der Waals surface area contributed by atoms with Crippen LogP contribution < -0.4 is 9.47 Å². The first-order valence-electron chi connectivity index (χ1n) is 9.28. The fraction of sp³-hybridized carbons (Fsp3) is 0.227. The topological polar surface area (TPSA) is 74.2 Å². The van der Waals surface area contributed by atoms with Crippen LogP contribution in [0.15, 0.2) is 41.0 Å². The Morgan fingerprint density at radius 1 is 1.27 bits per heavy atom. The van der Waals surface area contributed by atoms with Crippen LogP contribution in [0, 0.1) is 10.5 Å².